The van der Waals surface area contributed by atoms with Crippen molar-refractivity contribution in [1.29, 1.82) is 0 Å². The van der Waals surface area contributed by atoms with Gasteiger partial charge in [0.2, 0.25) is 0 Å². The molecule has 0 bridgehead atoms. The van der Waals surface area contributed by atoms with Crippen molar-refractivity contribution in [2.24, 2.45) is 0 Å². The number of hydrogen-bond acceptors (Lipinski definition) is 5. The summed E-state index contributed by atoms with van der Waals surface area (Å²) < 4.78 is 42.6. The van der Waals surface area contributed by atoms with Gasteiger partial charge in [-0.05, 0) is 18.2 Å². The third kappa shape index (κ3) is 4.23. The highest BCUT2D eigenvalue weighted by Crippen LogP contribution is 2.31. The summed E-state index contributed by atoms with van der Waals surface area (Å²) in [6, 6.07) is 6.42. The topological polar surface area (TPSA) is 91.7 Å². The maximum Gasteiger partial charge on any atom is 0.277 e. The number of piperidine rings is 1. The monoisotopic (exact) mass is 475 g/mol. The molecule has 2 N–H and O–H groups in total. The molecule has 1 aliphatic rings. The smallest absolute Gasteiger partial charge is 0.277 e. The molecule has 170 valence electrons. The number of halogens is 4. The van der Waals surface area contributed by atoms with E-state index in [0.29, 0.717) is 10.7 Å². The largest absolute Gasteiger partial charge is 0.359 e. The molecule has 3 aromatic heterocycles. The van der Waals surface area contributed by atoms with E-state index in [-0.39, 0.29) is 43.1 Å². The lowest BCUT2D eigenvalue weighted by Gasteiger charge is -2.32. The van der Waals surface area contributed by atoms with Crippen LogP contribution in [0.25, 0.3) is 16.6 Å². The maximum absolute atomic E-state index is 14.7. The van der Waals surface area contributed by atoms with Crippen molar-refractivity contribution >= 4 is 39.9 Å². The molecule has 4 heterocycles. The van der Waals surface area contributed by atoms with E-state index in [2.05, 4.69) is 25.6 Å². The number of fused-ring (bicyclic) bond motifs is 1. The third-order valence-corrected chi connectivity index (χ3v) is 5.72. The van der Waals surface area contributed by atoms with Gasteiger partial charge in [0.05, 0.1) is 23.8 Å². The lowest BCUT2D eigenvalue weighted by atomic mass is 10.1. The van der Waals surface area contributed by atoms with Crippen molar-refractivity contribution in [3.8, 4) is 5.69 Å². The Hall–Kier alpha value is -3.60. The first-order chi connectivity index (χ1) is 15.8. The van der Waals surface area contributed by atoms with Gasteiger partial charge in [-0.15, -0.1) is 5.10 Å². The summed E-state index contributed by atoms with van der Waals surface area (Å²) in [7, 11) is 0. The fourth-order valence-electron chi connectivity index (χ4n) is 3.70. The van der Waals surface area contributed by atoms with Crippen molar-refractivity contribution in [1.82, 2.24) is 25.0 Å². The predicted molar refractivity (Wildman–Crippen MR) is 117 cm³/mol. The second kappa shape index (κ2) is 8.07. The number of nitrogens with one attached hydrogen (secondary N) is 2. The van der Waals surface area contributed by atoms with Gasteiger partial charge in [-0.3, -0.25) is 4.79 Å². The number of carbonyl (C=O) groups excluding carboxylic acids is 1. The highest BCUT2D eigenvalue weighted by atomic mass is 35.5. The number of aromatic nitrogens is 5. The van der Waals surface area contributed by atoms with Gasteiger partial charge < -0.3 is 15.2 Å². The van der Waals surface area contributed by atoms with Gasteiger partial charge in [0.1, 0.15) is 0 Å². The number of hydrogen-bond donors (Lipinski definition) is 2. The predicted octanol–water partition coefficient (Wildman–Crippen LogP) is 4.42. The van der Waals surface area contributed by atoms with Crippen LogP contribution in [0.4, 0.5) is 24.7 Å². The summed E-state index contributed by atoms with van der Waals surface area (Å²) >= 11 is 6.03. The molecule has 1 saturated heterocycles. The van der Waals surface area contributed by atoms with Crippen molar-refractivity contribution in [3.05, 3.63) is 59.4 Å². The fourth-order valence-corrected chi connectivity index (χ4v) is 3.87. The van der Waals surface area contributed by atoms with Gasteiger partial charge in [-0.1, -0.05) is 16.8 Å². The van der Waals surface area contributed by atoms with Crippen molar-refractivity contribution in [2.45, 2.75) is 18.8 Å². The van der Waals surface area contributed by atoms with Crippen LogP contribution in [0.2, 0.25) is 5.02 Å². The first-order valence-electron chi connectivity index (χ1n) is 10.1. The number of amides is 1. The van der Waals surface area contributed by atoms with Crippen molar-refractivity contribution < 1.29 is 18.0 Å². The number of alkyl halides is 2. The van der Waals surface area contributed by atoms with E-state index in [1.807, 2.05) is 0 Å². The van der Waals surface area contributed by atoms with Crippen LogP contribution in [0, 0.1) is 5.82 Å². The molecule has 0 aliphatic carbocycles. The second-order valence-electron chi connectivity index (χ2n) is 7.74. The van der Waals surface area contributed by atoms with Gasteiger partial charge in [-0.2, -0.15) is 0 Å². The third-order valence-electron chi connectivity index (χ3n) is 5.48. The Bertz CT molecular complexity index is 1340. The van der Waals surface area contributed by atoms with Crippen LogP contribution in [0.15, 0.2) is 42.9 Å². The molecule has 0 saturated carbocycles. The van der Waals surface area contributed by atoms with Gasteiger partial charge in [0, 0.05) is 54.1 Å². The zero-order valence-electron chi connectivity index (χ0n) is 17.0. The molecular weight excluding hydrogens is 459 g/mol. The summed E-state index contributed by atoms with van der Waals surface area (Å²) in [5.74, 6) is -3.91. The van der Waals surface area contributed by atoms with Gasteiger partial charge in [0.25, 0.3) is 11.8 Å². The molecule has 4 aromatic rings. The molecule has 0 radical (unpaired) electrons. The quantitative estimate of drug-likeness (QED) is 0.456. The minimum Gasteiger partial charge on any atom is -0.359 e. The molecule has 0 spiro atoms. The lowest BCUT2D eigenvalue weighted by Crippen LogP contribution is -2.40. The first kappa shape index (κ1) is 21.3. The lowest BCUT2D eigenvalue weighted by molar-refractivity contribution is -0.0222. The molecular formula is C21H17ClF3N7O. The summed E-state index contributed by atoms with van der Waals surface area (Å²) in [6.07, 6.45) is 3.63. The van der Waals surface area contributed by atoms with E-state index < -0.39 is 17.6 Å². The molecule has 8 nitrogen and oxygen atoms in total. The Balaban J connectivity index is 1.32. The SMILES string of the molecule is O=C(Nc1c[nH]c2ccc(Cl)cc12)c1cn(-c2cnc(N3CCC(F)(F)CC3)c(F)c2)nn1. The van der Waals surface area contributed by atoms with Gasteiger partial charge in [0.15, 0.2) is 17.3 Å². The summed E-state index contributed by atoms with van der Waals surface area (Å²) in [4.78, 5) is 21.2. The Morgan fingerprint density at radius 3 is 2.76 bits per heavy atom. The molecule has 1 aromatic carbocycles. The van der Waals surface area contributed by atoms with Crippen LogP contribution in [-0.2, 0) is 0 Å². The molecule has 33 heavy (non-hydrogen) atoms. The number of aromatic amines is 1. The van der Waals surface area contributed by atoms with E-state index in [9.17, 15) is 18.0 Å². The van der Waals surface area contributed by atoms with E-state index in [0.717, 1.165) is 10.9 Å². The first-order valence-corrected chi connectivity index (χ1v) is 10.5. The fraction of sp³-hybridized carbons (Fsp3) is 0.238. The average Bonchev–Trinajstić information content (AvgIpc) is 3.42. The number of benzene rings is 1. The highest BCUT2D eigenvalue weighted by Gasteiger charge is 2.35. The normalized spacial score (nSPS) is 15.7. The van der Waals surface area contributed by atoms with Crippen LogP contribution >= 0.6 is 11.6 Å². The molecule has 1 aliphatic heterocycles. The Morgan fingerprint density at radius 1 is 1.21 bits per heavy atom. The standard InChI is InChI=1S/C21H17ClF3N7O/c22-12-1-2-16-14(7-12)17(10-26-16)28-20(33)18-11-32(30-29-18)13-8-15(23)19(27-9-13)31-5-3-21(24,25)4-6-31/h1-2,7-11,26H,3-6H2,(H,28,33). The minimum absolute atomic E-state index is 0.00493. The van der Waals surface area contributed by atoms with Crippen LogP contribution in [0.1, 0.15) is 23.3 Å². The molecule has 0 atom stereocenters. The zero-order chi connectivity index (χ0) is 23.2. The second-order valence-corrected chi connectivity index (χ2v) is 8.17. The average molecular weight is 476 g/mol. The molecule has 0 unspecified atom stereocenters. The van der Waals surface area contributed by atoms with Crippen LogP contribution in [0.3, 0.4) is 0 Å². The zero-order valence-corrected chi connectivity index (χ0v) is 17.8. The van der Waals surface area contributed by atoms with E-state index in [1.54, 1.807) is 24.4 Å². The Morgan fingerprint density at radius 2 is 2.00 bits per heavy atom. The van der Waals surface area contributed by atoms with E-state index >= 15 is 0 Å². The number of H-pyrrole nitrogens is 1. The summed E-state index contributed by atoms with van der Waals surface area (Å²) in [5, 5.41) is 11.7. The van der Waals surface area contributed by atoms with Gasteiger partial charge >= 0.3 is 0 Å². The Kier molecular flexibility index (Phi) is 5.20. The number of rotatable bonds is 4. The van der Waals surface area contributed by atoms with E-state index in [4.69, 9.17) is 11.6 Å². The maximum atomic E-state index is 14.7. The van der Waals surface area contributed by atoms with Crippen LogP contribution < -0.4 is 10.2 Å². The number of anilines is 2. The number of pyridine rings is 1. The molecule has 1 fully saturated rings. The Labute approximate surface area is 190 Å². The van der Waals surface area contributed by atoms with Gasteiger partial charge in [-0.25, -0.2) is 22.8 Å². The van der Waals surface area contributed by atoms with Crippen molar-refractivity contribution in [2.75, 3.05) is 23.3 Å². The number of nitrogens with zero attached hydrogens (tertiary/aromatic N) is 5. The summed E-state index contributed by atoms with van der Waals surface area (Å²) in [5.41, 5.74) is 1.58. The van der Waals surface area contributed by atoms with Crippen LogP contribution in [0.5, 0.6) is 0 Å². The molecule has 1 amide bonds. The number of carbonyl (C=O) groups is 1. The van der Waals surface area contributed by atoms with Crippen LogP contribution in [-0.4, -0.2) is 49.9 Å². The minimum atomic E-state index is -2.73. The molecule has 12 heteroatoms. The molecule has 5 rings (SSSR count). The highest BCUT2D eigenvalue weighted by molar-refractivity contribution is 6.31. The van der Waals surface area contributed by atoms with E-state index in [1.165, 1.54) is 28.0 Å². The van der Waals surface area contributed by atoms with Crippen molar-refractivity contribution in [3.63, 3.8) is 0 Å². The summed E-state index contributed by atoms with van der Waals surface area (Å²) in [6.45, 7) is 0.0337.